The van der Waals surface area contributed by atoms with Gasteiger partial charge in [-0.05, 0) is 25.2 Å². The normalized spacial score (nSPS) is 17.3. The molecule has 2 amide bonds. The van der Waals surface area contributed by atoms with Crippen LogP contribution < -0.4 is 10.6 Å². The molecule has 0 aromatic rings. The van der Waals surface area contributed by atoms with Crippen molar-refractivity contribution in [3.8, 4) is 12.3 Å². The van der Waals surface area contributed by atoms with Gasteiger partial charge in [0.2, 0.25) is 0 Å². The van der Waals surface area contributed by atoms with Crippen molar-refractivity contribution in [2.24, 2.45) is 5.92 Å². The number of hydrogen-bond donors (Lipinski definition) is 3. The van der Waals surface area contributed by atoms with Gasteiger partial charge in [0.15, 0.2) is 0 Å². The van der Waals surface area contributed by atoms with Gasteiger partial charge in [-0.15, -0.1) is 6.42 Å². The fourth-order valence-electron chi connectivity index (χ4n) is 1.88. The van der Waals surface area contributed by atoms with E-state index in [1.54, 1.807) is 0 Å². The smallest absolute Gasteiger partial charge is 0.316 e. The highest BCUT2D eigenvalue weighted by molar-refractivity contribution is 5.76. The van der Waals surface area contributed by atoms with Crippen LogP contribution in [-0.2, 0) is 4.79 Å². The third-order valence-electron chi connectivity index (χ3n) is 2.99. The molecule has 0 aliphatic heterocycles. The molecule has 1 saturated carbocycles. The Morgan fingerprint density at radius 2 is 2.11 bits per heavy atom. The zero-order valence-electron chi connectivity index (χ0n) is 10.6. The molecule has 18 heavy (non-hydrogen) atoms. The summed E-state index contributed by atoms with van der Waals surface area (Å²) in [6.45, 7) is 1.99. The molecular formula is C13H20N2O3. The first-order valence-corrected chi connectivity index (χ1v) is 6.31. The topological polar surface area (TPSA) is 78.4 Å². The van der Waals surface area contributed by atoms with E-state index in [0.717, 1.165) is 25.7 Å². The minimum Gasteiger partial charge on any atom is -0.481 e. The summed E-state index contributed by atoms with van der Waals surface area (Å²) in [4.78, 5) is 22.4. The number of carbonyl (C=O) groups is 2. The van der Waals surface area contributed by atoms with Crippen LogP contribution in [-0.4, -0.2) is 29.2 Å². The van der Waals surface area contributed by atoms with E-state index < -0.39 is 5.97 Å². The lowest BCUT2D eigenvalue weighted by atomic mass is 10.1. The first-order valence-electron chi connectivity index (χ1n) is 6.31. The van der Waals surface area contributed by atoms with Crippen molar-refractivity contribution in [3.05, 3.63) is 0 Å². The number of carbonyl (C=O) groups excluding carboxylic acids is 1. The predicted molar refractivity (Wildman–Crippen MR) is 68.0 cm³/mol. The quantitative estimate of drug-likeness (QED) is 0.598. The van der Waals surface area contributed by atoms with Crippen molar-refractivity contribution in [2.75, 3.05) is 0 Å². The van der Waals surface area contributed by atoms with Gasteiger partial charge in [-0.2, -0.15) is 0 Å². The second-order valence-electron chi connectivity index (χ2n) is 4.67. The molecule has 0 radical (unpaired) electrons. The lowest BCUT2D eigenvalue weighted by Crippen LogP contribution is -2.47. The number of amides is 2. The lowest BCUT2D eigenvalue weighted by Gasteiger charge is -2.19. The van der Waals surface area contributed by atoms with E-state index in [1.165, 1.54) is 0 Å². The molecule has 0 aromatic heterocycles. The molecule has 0 bridgehead atoms. The third-order valence-corrected chi connectivity index (χ3v) is 2.99. The SMILES string of the molecule is C#CC(CCC)NC(=O)NC(CC(=O)O)C1CC1. The van der Waals surface area contributed by atoms with Gasteiger partial charge in [0.05, 0.1) is 12.5 Å². The first kappa shape index (κ1) is 14.4. The van der Waals surface area contributed by atoms with Crippen molar-refractivity contribution >= 4 is 12.0 Å². The fourth-order valence-corrected chi connectivity index (χ4v) is 1.88. The average Bonchev–Trinajstić information content (AvgIpc) is 3.10. The lowest BCUT2D eigenvalue weighted by molar-refractivity contribution is -0.137. The van der Waals surface area contributed by atoms with Crippen molar-refractivity contribution in [1.29, 1.82) is 0 Å². The van der Waals surface area contributed by atoms with Gasteiger partial charge in [-0.1, -0.05) is 19.3 Å². The number of terminal acetylenes is 1. The molecule has 5 nitrogen and oxygen atoms in total. The van der Waals surface area contributed by atoms with E-state index in [2.05, 4.69) is 16.6 Å². The summed E-state index contributed by atoms with van der Waals surface area (Å²) in [7, 11) is 0. The molecule has 1 fully saturated rings. The van der Waals surface area contributed by atoms with Crippen molar-refractivity contribution in [1.82, 2.24) is 10.6 Å². The molecular weight excluding hydrogens is 232 g/mol. The van der Waals surface area contributed by atoms with Crippen LogP contribution in [0.3, 0.4) is 0 Å². The van der Waals surface area contributed by atoms with E-state index in [9.17, 15) is 9.59 Å². The number of carboxylic acids is 1. The fraction of sp³-hybridized carbons (Fsp3) is 0.692. The monoisotopic (exact) mass is 252 g/mol. The molecule has 2 unspecified atom stereocenters. The standard InChI is InChI=1S/C13H20N2O3/c1-3-5-10(4-2)14-13(18)15-11(8-12(16)17)9-6-7-9/h2,9-11H,3,5-8H2,1H3,(H,16,17)(H2,14,15,18). The number of hydrogen-bond acceptors (Lipinski definition) is 2. The van der Waals surface area contributed by atoms with Crippen molar-refractivity contribution < 1.29 is 14.7 Å². The van der Waals surface area contributed by atoms with E-state index in [0.29, 0.717) is 5.92 Å². The minimum atomic E-state index is -0.894. The second kappa shape index (κ2) is 6.90. The number of carboxylic acid groups (broad SMARTS) is 1. The molecule has 5 heteroatoms. The van der Waals surface area contributed by atoms with Crippen LogP contribution >= 0.6 is 0 Å². The molecule has 1 rings (SSSR count). The van der Waals surface area contributed by atoms with E-state index >= 15 is 0 Å². The average molecular weight is 252 g/mol. The summed E-state index contributed by atoms with van der Waals surface area (Å²) in [5.41, 5.74) is 0. The summed E-state index contributed by atoms with van der Waals surface area (Å²) < 4.78 is 0. The molecule has 0 aromatic carbocycles. The van der Waals surface area contributed by atoms with Gasteiger partial charge in [0.1, 0.15) is 0 Å². The van der Waals surface area contributed by atoms with Crippen LogP contribution in [0, 0.1) is 18.3 Å². The van der Waals surface area contributed by atoms with Crippen LogP contribution in [0.4, 0.5) is 4.79 Å². The molecule has 0 saturated heterocycles. The molecule has 1 aliphatic rings. The Bertz CT molecular complexity index is 345. The number of nitrogens with one attached hydrogen (secondary N) is 2. The highest BCUT2D eigenvalue weighted by Crippen LogP contribution is 2.33. The summed E-state index contributed by atoms with van der Waals surface area (Å²) in [6, 6.07) is -0.952. The summed E-state index contributed by atoms with van der Waals surface area (Å²) in [5, 5.41) is 14.2. The maximum atomic E-state index is 11.7. The van der Waals surface area contributed by atoms with Crippen LogP contribution in [0.2, 0.25) is 0 Å². The van der Waals surface area contributed by atoms with Gasteiger partial charge in [0, 0.05) is 6.04 Å². The number of aliphatic carboxylic acids is 1. The summed E-state index contributed by atoms with van der Waals surface area (Å²) in [5.74, 6) is 1.90. The number of rotatable bonds is 7. The maximum Gasteiger partial charge on any atom is 0.316 e. The maximum absolute atomic E-state index is 11.7. The highest BCUT2D eigenvalue weighted by Gasteiger charge is 2.33. The molecule has 2 atom stereocenters. The minimum absolute atomic E-state index is 0.0351. The molecule has 0 spiro atoms. The van der Waals surface area contributed by atoms with Gasteiger partial charge in [0.25, 0.3) is 0 Å². The number of urea groups is 1. The Morgan fingerprint density at radius 1 is 1.44 bits per heavy atom. The summed E-state index contributed by atoms with van der Waals surface area (Å²) in [6.07, 6.45) is 8.83. The molecule has 1 aliphatic carbocycles. The Labute approximate surface area is 107 Å². The van der Waals surface area contributed by atoms with E-state index in [4.69, 9.17) is 11.5 Å². The molecule has 100 valence electrons. The molecule has 0 heterocycles. The van der Waals surface area contributed by atoms with Crippen LogP contribution in [0.15, 0.2) is 0 Å². The Balaban J connectivity index is 2.41. The van der Waals surface area contributed by atoms with Crippen LogP contribution in [0.1, 0.15) is 39.0 Å². The van der Waals surface area contributed by atoms with Gasteiger partial charge in [-0.25, -0.2) is 4.79 Å². The zero-order chi connectivity index (χ0) is 13.5. The third kappa shape index (κ3) is 5.09. The molecule has 3 N–H and O–H groups in total. The Hall–Kier alpha value is -1.70. The van der Waals surface area contributed by atoms with Gasteiger partial charge < -0.3 is 15.7 Å². The Morgan fingerprint density at radius 3 is 2.56 bits per heavy atom. The first-order chi connectivity index (χ1) is 8.56. The van der Waals surface area contributed by atoms with E-state index in [-0.39, 0.29) is 24.5 Å². The van der Waals surface area contributed by atoms with Crippen LogP contribution in [0.25, 0.3) is 0 Å². The van der Waals surface area contributed by atoms with E-state index in [1.807, 2.05) is 6.92 Å². The Kier molecular flexibility index (Phi) is 5.50. The largest absolute Gasteiger partial charge is 0.481 e. The second-order valence-corrected chi connectivity index (χ2v) is 4.67. The van der Waals surface area contributed by atoms with Gasteiger partial charge >= 0.3 is 12.0 Å². The van der Waals surface area contributed by atoms with Crippen molar-refractivity contribution in [3.63, 3.8) is 0 Å². The van der Waals surface area contributed by atoms with Gasteiger partial charge in [-0.3, -0.25) is 4.79 Å². The highest BCUT2D eigenvalue weighted by atomic mass is 16.4. The van der Waals surface area contributed by atoms with Crippen LogP contribution in [0.5, 0.6) is 0 Å². The summed E-state index contributed by atoms with van der Waals surface area (Å²) >= 11 is 0. The van der Waals surface area contributed by atoms with Crippen molar-refractivity contribution in [2.45, 2.75) is 51.1 Å². The zero-order valence-corrected chi connectivity index (χ0v) is 10.6. The predicted octanol–water partition coefficient (Wildman–Crippen LogP) is 1.34.